The molecule has 0 aliphatic carbocycles. The van der Waals surface area contributed by atoms with Crippen LogP contribution in [0.15, 0.2) is 18.2 Å². The van der Waals surface area contributed by atoms with E-state index in [2.05, 4.69) is 5.32 Å². The molecule has 19 heavy (non-hydrogen) atoms. The molecule has 1 unspecified atom stereocenters. The van der Waals surface area contributed by atoms with Crippen LogP contribution in [0.2, 0.25) is 5.02 Å². The zero-order valence-electron chi connectivity index (χ0n) is 10.5. The molecule has 0 bridgehead atoms. The molecule has 2 amide bonds. The molecule has 0 saturated carbocycles. The lowest BCUT2D eigenvalue weighted by atomic mass is 10.0. The largest absolute Gasteiger partial charge is 0.302 e. The van der Waals surface area contributed by atoms with Crippen molar-refractivity contribution in [1.82, 2.24) is 10.2 Å². The highest BCUT2D eigenvalue weighted by Crippen LogP contribution is 2.18. The first-order valence-electron chi connectivity index (χ1n) is 5.97. The Balaban J connectivity index is 2.01. The average molecular weight is 285 g/mol. The van der Waals surface area contributed by atoms with Gasteiger partial charge >= 0.3 is 0 Å². The lowest BCUT2D eigenvalue weighted by Gasteiger charge is -2.28. The average Bonchev–Trinajstić information content (AvgIpc) is 2.40. The fourth-order valence-corrected chi connectivity index (χ4v) is 2.22. The SMILES string of the molecule is CN1C(=O)CCC(NCc2cccc(Cl)c2F)C1=O. The second kappa shape index (κ2) is 5.67. The van der Waals surface area contributed by atoms with Crippen LogP contribution in [0.3, 0.4) is 0 Å². The summed E-state index contributed by atoms with van der Waals surface area (Å²) in [5.41, 5.74) is 0.403. The van der Waals surface area contributed by atoms with E-state index in [1.54, 1.807) is 12.1 Å². The zero-order valence-corrected chi connectivity index (χ0v) is 11.2. The number of nitrogens with one attached hydrogen (secondary N) is 1. The molecular formula is C13H14ClFN2O2. The smallest absolute Gasteiger partial charge is 0.246 e. The minimum absolute atomic E-state index is 0.0570. The standard InChI is InChI=1S/C13H14ClFN2O2/c1-17-11(18)6-5-10(13(17)19)16-7-8-3-2-4-9(14)12(8)15/h2-4,10,16H,5-7H2,1H3. The first-order valence-corrected chi connectivity index (χ1v) is 6.35. The number of hydrogen-bond donors (Lipinski definition) is 1. The summed E-state index contributed by atoms with van der Waals surface area (Å²) in [6.07, 6.45) is 0.752. The maximum absolute atomic E-state index is 13.7. The van der Waals surface area contributed by atoms with Gasteiger partial charge in [-0.05, 0) is 12.5 Å². The van der Waals surface area contributed by atoms with Crippen LogP contribution in [0.1, 0.15) is 18.4 Å². The van der Waals surface area contributed by atoms with E-state index in [0.29, 0.717) is 18.4 Å². The molecule has 1 heterocycles. The van der Waals surface area contributed by atoms with E-state index < -0.39 is 11.9 Å². The van der Waals surface area contributed by atoms with Crippen LogP contribution in [0.25, 0.3) is 0 Å². The lowest BCUT2D eigenvalue weighted by Crippen LogP contribution is -2.51. The number of hydrogen-bond acceptors (Lipinski definition) is 3. The van der Waals surface area contributed by atoms with Crippen molar-refractivity contribution >= 4 is 23.4 Å². The monoisotopic (exact) mass is 284 g/mol. The van der Waals surface area contributed by atoms with Crippen molar-refractivity contribution in [3.05, 3.63) is 34.6 Å². The van der Waals surface area contributed by atoms with Crippen LogP contribution in [0.4, 0.5) is 4.39 Å². The van der Waals surface area contributed by atoms with Gasteiger partial charge in [-0.1, -0.05) is 23.7 Å². The summed E-state index contributed by atoms with van der Waals surface area (Å²) >= 11 is 5.68. The number of piperidine rings is 1. The van der Waals surface area contributed by atoms with Crippen LogP contribution < -0.4 is 5.32 Å². The molecule has 102 valence electrons. The van der Waals surface area contributed by atoms with Gasteiger partial charge < -0.3 is 5.32 Å². The van der Waals surface area contributed by atoms with E-state index in [9.17, 15) is 14.0 Å². The minimum Gasteiger partial charge on any atom is -0.302 e. The van der Waals surface area contributed by atoms with Gasteiger partial charge in [0.05, 0.1) is 11.1 Å². The van der Waals surface area contributed by atoms with E-state index >= 15 is 0 Å². The number of likely N-dealkylation sites (N-methyl/N-ethyl adjacent to an activating group) is 1. The molecule has 1 saturated heterocycles. The number of imide groups is 1. The molecule has 1 aliphatic rings. The number of likely N-dealkylation sites (tertiary alicyclic amines) is 1. The van der Waals surface area contributed by atoms with Gasteiger partial charge in [-0.15, -0.1) is 0 Å². The zero-order chi connectivity index (χ0) is 14.0. The third-order valence-electron chi connectivity index (χ3n) is 3.22. The molecule has 0 aromatic heterocycles. The molecule has 1 aliphatic heterocycles. The van der Waals surface area contributed by atoms with Gasteiger partial charge in [0.25, 0.3) is 0 Å². The van der Waals surface area contributed by atoms with Crippen LogP contribution in [-0.4, -0.2) is 29.8 Å². The molecule has 1 atom stereocenters. The van der Waals surface area contributed by atoms with Gasteiger partial charge in [-0.3, -0.25) is 14.5 Å². The number of nitrogens with zero attached hydrogens (tertiary/aromatic N) is 1. The van der Waals surface area contributed by atoms with Crippen LogP contribution in [0, 0.1) is 5.82 Å². The maximum atomic E-state index is 13.7. The second-order valence-electron chi connectivity index (χ2n) is 4.48. The summed E-state index contributed by atoms with van der Waals surface area (Å²) in [7, 11) is 1.46. The third-order valence-corrected chi connectivity index (χ3v) is 3.51. The van der Waals surface area contributed by atoms with E-state index in [1.165, 1.54) is 13.1 Å². The molecule has 4 nitrogen and oxygen atoms in total. The minimum atomic E-state index is -0.482. The van der Waals surface area contributed by atoms with Crippen molar-refractivity contribution in [2.75, 3.05) is 7.05 Å². The first-order chi connectivity index (χ1) is 9.00. The van der Waals surface area contributed by atoms with E-state index in [-0.39, 0.29) is 23.4 Å². The van der Waals surface area contributed by atoms with Crippen LogP contribution in [-0.2, 0) is 16.1 Å². The van der Waals surface area contributed by atoms with Crippen LogP contribution in [0.5, 0.6) is 0 Å². The van der Waals surface area contributed by atoms with Crippen molar-refractivity contribution in [1.29, 1.82) is 0 Å². The number of rotatable bonds is 3. The summed E-state index contributed by atoms with van der Waals surface area (Å²) in [4.78, 5) is 24.3. The van der Waals surface area contributed by atoms with Crippen molar-refractivity contribution in [2.24, 2.45) is 0 Å². The Bertz CT molecular complexity index is 521. The van der Waals surface area contributed by atoms with Gasteiger partial charge in [0, 0.05) is 25.6 Å². The Hall–Kier alpha value is -1.46. The van der Waals surface area contributed by atoms with Gasteiger partial charge in [-0.25, -0.2) is 4.39 Å². The van der Waals surface area contributed by atoms with Gasteiger partial charge in [-0.2, -0.15) is 0 Å². The highest BCUT2D eigenvalue weighted by Gasteiger charge is 2.31. The summed E-state index contributed by atoms with van der Waals surface area (Å²) in [6.45, 7) is 0.199. The topological polar surface area (TPSA) is 49.4 Å². The predicted molar refractivity (Wildman–Crippen MR) is 69.0 cm³/mol. The van der Waals surface area contributed by atoms with Crippen molar-refractivity contribution in [3.8, 4) is 0 Å². The Morgan fingerprint density at radius 1 is 1.47 bits per heavy atom. The first kappa shape index (κ1) is 14.0. The molecular weight excluding hydrogens is 271 g/mol. The Kier molecular flexibility index (Phi) is 4.17. The number of halogens is 2. The number of carbonyl (C=O) groups excluding carboxylic acids is 2. The fourth-order valence-electron chi connectivity index (χ4n) is 2.02. The Labute approximate surface area is 115 Å². The van der Waals surface area contributed by atoms with Crippen molar-refractivity contribution in [3.63, 3.8) is 0 Å². The summed E-state index contributed by atoms with van der Waals surface area (Å²) in [6, 6.07) is 4.27. The van der Waals surface area contributed by atoms with Gasteiger partial charge in [0.2, 0.25) is 11.8 Å². The lowest BCUT2D eigenvalue weighted by molar-refractivity contribution is -0.148. The Morgan fingerprint density at radius 2 is 2.21 bits per heavy atom. The highest BCUT2D eigenvalue weighted by molar-refractivity contribution is 6.30. The Morgan fingerprint density at radius 3 is 2.95 bits per heavy atom. The maximum Gasteiger partial charge on any atom is 0.246 e. The predicted octanol–water partition coefficient (Wildman–Crippen LogP) is 1.72. The molecule has 1 N–H and O–H groups in total. The molecule has 1 fully saturated rings. The normalized spacial score (nSPS) is 19.9. The molecule has 0 radical (unpaired) electrons. The number of carbonyl (C=O) groups is 2. The molecule has 6 heteroatoms. The highest BCUT2D eigenvalue weighted by atomic mass is 35.5. The quantitative estimate of drug-likeness (QED) is 0.860. The number of benzene rings is 1. The fraction of sp³-hybridized carbons (Fsp3) is 0.385. The van der Waals surface area contributed by atoms with Crippen molar-refractivity contribution < 1.29 is 14.0 Å². The summed E-state index contributed by atoms with van der Waals surface area (Å²) < 4.78 is 13.7. The summed E-state index contributed by atoms with van der Waals surface area (Å²) in [5, 5.41) is 3.02. The summed E-state index contributed by atoms with van der Waals surface area (Å²) in [5.74, 6) is -0.944. The van der Waals surface area contributed by atoms with E-state index in [4.69, 9.17) is 11.6 Å². The molecule has 1 aromatic rings. The van der Waals surface area contributed by atoms with Gasteiger partial charge in [0.15, 0.2) is 0 Å². The van der Waals surface area contributed by atoms with E-state index in [0.717, 1.165) is 4.90 Å². The van der Waals surface area contributed by atoms with Crippen molar-refractivity contribution in [2.45, 2.75) is 25.4 Å². The number of amides is 2. The second-order valence-corrected chi connectivity index (χ2v) is 4.88. The molecule has 0 spiro atoms. The molecule has 2 rings (SSSR count). The van der Waals surface area contributed by atoms with Crippen LogP contribution >= 0.6 is 11.6 Å². The third kappa shape index (κ3) is 2.93. The van der Waals surface area contributed by atoms with Gasteiger partial charge in [0.1, 0.15) is 5.82 Å². The molecule has 1 aromatic carbocycles. The van der Waals surface area contributed by atoms with E-state index in [1.807, 2.05) is 0 Å².